The molecular formula is C19H18N6O2. The Bertz CT molecular complexity index is 1020. The van der Waals surface area contributed by atoms with Gasteiger partial charge in [0.05, 0.1) is 11.6 Å². The summed E-state index contributed by atoms with van der Waals surface area (Å²) in [6.45, 7) is 0.765. The third kappa shape index (κ3) is 3.30. The molecular weight excluding hydrogens is 344 g/mol. The van der Waals surface area contributed by atoms with E-state index in [4.69, 9.17) is 5.53 Å². The lowest BCUT2D eigenvalue weighted by Gasteiger charge is -2.35. The van der Waals surface area contributed by atoms with Crippen molar-refractivity contribution >= 4 is 28.2 Å². The van der Waals surface area contributed by atoms with Crippen LogP contribution in [0, 0.1) is 5.53 Å². The Hall–Kier alpha value is -3.52. The van der Waals surface area contributed by atoms with Gasteiger partial charge in [0.2, 0.25) is 0 Å². The fraction of sp³-hybridized carbons (Fsp3) is 0.158. The number of hydrogen-bond donors (Lipinski definition) is 4. The van der Waals surface area contributed by atoms with E-state index in [-0.39, 0.29) is 5.91 Å². The largest absolute Gasteiger partial charge is 0.389 e. The van der Waals surface area contributed by atoms with E-state index in [2.05, 4.69) is 20.6 Å². The van der Waals surface area contributed by atoms with Crippen LogP contribution in [0.5, 0.6) is 0 Å². The topological polar surface area (TPSA) is 117 Å². The number of amides is 1. The van der Waals surface area contributed by atoms with Crippen molar-refractivity contribution in [2.75, 3.05) is 18.4 Å². The van der Waals surface area contributed by atoms with E-state index in [0.29, 0.717) is 30.0 Å². The van der Waals surface area contributed by atoms with Crippen molar-refractivity contribution in [2.24, 2.45) is 5.11 Å². The number of rotatable bonds is 5. The normalized spacial score (nSPS) is 14.9. The SMILES string of the molecule is N=N/C(=C\Nc1ccc(C(=O)N2CC(O)C2)cc1)c1n[nH]c2ccccc12. The second kappa shape index (κ2) is 7.00. The molecule has 1 aliphatic rings. The number of fused-ring (bicyclic) bond motifs is 1. The van der Waals surface area contributed by atoms with Crippen molar-refractivity contribution in [3.63, 3.8) is 0 Å². The maximum absolute atomic E-state index is 12.2. The number of carbonyl (C=O) groups excluding carboxylic acids is 1. The minimum atomic E-state index is -0.412. The molecule has 1 amide bonds. The average Bonchev–Trinajstić information content (AvgIpc) is 3.10. The fourth-order valence-corrected chi connectivity index (χ4v) is 2.98. The van der Waals surface area contributed by atoms with Crippen molar-refractivity contribution in [3.8, 4) is 0 Å². The Morgan fingerprint density at radius 2 is 2.00 bits per heavy atom. The molecule has 1 saturated heterocycles. The number of anilines is 1. The van der Waals surface area contributed by atoms with Gasteiger partial charge >= 0.3 is 0 Å². The molecule has 0 unspecified atom stereocenters. The number of aliphatic hydroxyl groups is 1. The van der Waals surface area contributed by atoms with Crippen LogP contribution in [0.4, 0.5) is 5.69 Å². The van der Waals surface area contributed by atoms with Crippen LogP contribution in [0.3, 0.4) is 0 Å². The van der Waals surface area contributed by atoms with E-state index in [9.17, 15) is 9.90 Å². The molecule has 0 spiro atoms. The minimum absolute atomic E-state index is 0.0905. The zero-order chi connectivity index (χ0) is 18.8. The molecule has 0 saturated carbocycles. The van der Waals surface area contributed by atoms with Gasteiger partial charge in [0, 0.05) is 35.9 Å². The second-order valence-corrected chi connectivity index (χ2v) is 6.34. The molecule has 1 aliphatic heterocycles. The summed E-state index contributed by atoms with van der Waals surface area (Å²) in [6.07, 6.45) is 1.20. The third-order valence-electron chi connectivity index (χ3n) is 4.49. The van der Waals surface area contributed by atoms with Gasteiger partial charge < -0.3 is 15.3 Å². The molecule has 4 N–H and O–H groups in total. The first-order valence-corrected chi connectivity index (χ1v) is 8.51. The van der Waals surface area contributed by atoms with Crippen LogP contribution in [0.1, 0.15) is 16.1 Å². The third-order valence-corrected chi connectivity index (χ3v) is 4.49. The van der Waals surface area contributed by atoms with E-state index in [0.717, 1.165) is 16.6 Å². The Morgan fingerprint density at radius 1 is 1.26 bits per heavy atom. The monoisotopic (exact) mass is 362 g/mol. The highest BCUT2D eigenvalue weighted by atomic mass is 16.3. The molecule has 8 nitrogen and oxygen atoms in total. The van der Waals surface area contributed by atoms with Gasteiger partial charge in [0.15, 0.2) is 0 Å². The number of nitrogens with one attached hydrogen (secondary N) is 3. The quantitative estimate of drug-likeness (QED) is 0.522. The first kappa shape index (κ1) is 16.9. The smallest absolute Gasteiger partial charge is 0.254 e. The first-order valence-electron chi connectivity index (χ1n) is 8.51. The molecule has 0 bridgehead atoms. The molecule has 0 atom stereocenters. The Balaban J connectivity index is 1.49. The van der Waals surface area contributed by atoms with Gasteiger partial charge in [-0.15, -0.1) is 0 Å². The number of carbonyl (C=O) groups is 1. The van der Waals surface area contributed by atoms with Crippen molar-refractivity contribution in [2.45, 2.75) is 6.10 Å². The summed E-state index contributed by atoms with van der Waals surface area (Å²) in [4.78, 5) is 13.8. The summed E-state index contributed by atoms with van der Waals surface area (Å²) in [5, 5.41) is 24.0. The van der Waals surface area contributed by atoms with Crippen LogP contribution in [0.25, 0.3) is 16.6 Å². The molecule has 4 rings (SSSR count). The van der Waals surface area contributed by atoms with Gasteiger partial charge in [-0.3, -0.25) is 9.89 Å². The maximum atomic E-state index is 12.2. The number of hydrogen-bond acceptors (Lipinski definition) is 6. The Kier molecular flexibility index (Phi) is 4.39. The average molecular weight is 362 g/mol. The van der Waals surface area contributed by atoms with Crippen LogP contribution in [-0.4, -0.2) is 45.3 Å². The van der Waals surface area contributed by atoms with E-state index in [1.165, 1.54) is 0 Å². The summed E-state index contributed by atoms with van der Waals surface area (Å²) in [5.74, 6) is -0.0905. The van der Waals surface area contributed by atoms with Gasteiger partial charge in [0.25, 0.3) is 5.91 Å². The van der Waals surface area contributed by atoms with Crippen molar-refractivity contribution in [1.82, 2.24) is 15.1 Å². The lowest BCUT2D eigenvalue weighted by Crippen LogP contribution is -2.53. The summed E-state index contributed by atoms with van der Waals surface area (Å²) < 4.78 is 0. The number of nitrogens with zero attached hydrogens (tertiary/aromatic N) is 3. The number of benzene rings is 2. The summed E-state index contributed by atoms with van der Waals surface area (Å²) in [5.41, 5.74) is 10.6. The molecule has 2 aromatic carbocycles. The molecule has 3 aromatic rings. The van der Waals surface area contributed by atoms with E-state index < -0.39 is 6.10 Å². The Labute approximate surface area is 155 Å². The van der Waals surface area contributed by atoms with Gasteiger partial charge in [-0.1, -0.05) is 18.2 Å². The molecule has 1 fully saturated rings. The summed E-state index contributed by atoms with van der Waals surface area (Å²) in [7, 11) is 0. The van der Waals surface area contributed by atoms with Gasteiger partial charge in [-0.25, -0.2) is 5.53 Å². The molecule has 1 aromatic heterocycles. The predicted octanol–water partition coefficient (Wildman–Crippen LogP) is 2.82. The number of aliphatic hydroxyl groups excluding tert-OH is 1. The number of β-amino-alcohol motifs (C(OH)–C–C–N with tert-alkyl or cyclic N) is 1. The number of H-pyrrole nitrogens is 1. The van der Waals surface area contributed by atoms with Crippen molar-refractivity contribution in [3.05, 3.63) is 66.0 Å². The molecule has 136 valence electrons. The lowest BCUT2D eigenvalue weighted by atomic mass is 10.1. The first-order chi connectivity index (χ1) is 13.2. The van der Waals surface area contributed by atoms with Gasteiger partial charge in [0.1, 0.15) is 11.4 Å². The Morgan fingerprint density at radius 3 is 2.70 bits per heavy atom. The number of aromatic amines is 1. The lowest BCUT2D eigenvalue weighted by molar-refractivity contribution is 0.00590. The predicted molar refractivity (Wildman–Crippen MR) is 101 cm³/mol. The molecule has 0 radical (unpaired) electrons. The van der Waals surface area contributed by atoms with Gasteiger partial charge in [-0.2, -0.15) is 10.2 Å². The summed E-state index contributed by atoms with van der Waals surface area (Å²) >= 11 is 0. The number of aromatic nitrogens is 2. The van der Waals surface area contributed by atoms with E-state index in [1.54, 1.807) is 35.4 Å². The second-order valence-electron chi connectivity index (χ2n) is 6.34. The maximum Gasteiger partial charge on any atom is 0.254 e. The standard InChI is InChI=1S/C19H18N6O2/c20-22-17(18-15-3-1-2-4-16(15)23-24-18)9-21-13-7-5-12(6-8-13)19(27)25-10-14(26)11-25/h1-9,14,20-21,26H,10-11H2,(H,23,24)/b17-9-,22-20?. The van der Waals surface area contributed by atoms with Crippen molar-refractivity contribution in [1.29, 1.82) is 5.53 Å². The fourth-order valence-electron chi connectivity index (χ4n) is 2.98. The molecule has 27 heavy (non-hydrogen) atoms. The van der Waals surface area contributed by atoms with Crippen LogP contribution in [0.2, 0.25) is 0 Å². The molecule has 8 heteroatoms. The zero-order valence-electron chi connectivity index (χ0n) is 14.4. The number of para-hydroxylation sites is 1. The number of likely N-dealkylation sites (tertiary alicyclic amines) is 1. The van der Waals surface area contributed by atoms with Crippen LogP contribution in [0.15, 0.2) is 59.8 Å². The molecule has 2 heterocycles. The van der Waals surface area contributed by atoms with Crippen LogP contribution < -0.4 is 5.32 Å². The van der Waals surface area contributed by atoms with Crippen LogP contribution in [-0.2, 0) is 0 Å². The minimum Gasteiger partial charge on any atom is -0.389 e. The highest BCUT2D eigenvalue weighted by Gasteiger charge is 2.29. The highest BCUT2D eigenvalue weighted by Crippen LogP contribution is 2.23. The zero-order valence-corrected chi connectivity index (χ0v) is 14.4. The van der Waals surface area contributed by atoms with E-state index >= 15 is 0 Å². The van der Waals surface area contributed by atoms with Crippen molar-refractivity contribution < 1.29 is 9.90 Å². The van der Waals surface area contributed by atoms with Crippen LogP contribution >= 0.6 is 0 Å². The summed E-state index contributed by atoms with van der Waals surface area (Å²) in [6, 6.07) is 14.7. The van der Waals surface area contributed by atoms with E-state index in [1.807, 2.05) is 24.3 Å². The molecule has 0 aliphatic carbocycles. The van der Waals surface area contributed by atoms with Gasteiger partial charge in [-0.05, 0) is 30.3 Å². The highest BCUT2D eigenvalue weighted by molar-refractivity contribution is 5.95.